The van der Waals surface area contributed by atoms with Gasteiger partial charge in [0.1, 0.15) is 11.5 Å². The van der Waals surface area contributed by atoms with Crippen LogP contribution in [0.1, 0.15) is 42.3 Å². The van der Waals surface area contributed by atoms with Gasteiger partial charge in [-0.15, -0.1) is 0 Å². The molecule has 11 nitrogen and oxygen atoms in total. The van der Waals surface area contributed by atoms with Gasteiger partial charge in [0, 0.05) is 18.6 Å². The van der Waals surface area contributed by atoms with Crippen molar-refractivity contribution in [3.05, 3.63) is 60.9 Å². The number of carboxylic acid groups (broad SMARTS) is 1. The van der Waals surface area contributed by atoms with Crippen molar-refractivity contribution in [1.82, 2.24) is 25.0 Å². The Labute approximate surface area is 194 Å². The first-order chi connectivity index (χ1) is 16.6. The summed E-state index contributed by atoms with van der Waals surface area (Å²) in [5, 5.41) is 31.0. The fourth-order valence-electron chi connectivity index (χ4n) is 3.87. The second-order valence-corrected chi connectivity index (χ2v) is 7.76. The number of amides is 1. The van der Waals surface area contributed by atoms with Crippen molar-refractivity contribution in [2.24, 2.45) is 0 Å². The molecular formula is C23H24N6O5. The van der Waals surface area contributed by atoms with E-state index in [4.69, 9.17) is 19.4 Å². The van der Waals surface area contributed by atoms with Crippen molar-refractivity contribution in [2.75, 3.05) is 5.32 Å². The van der Waals surface area contributed by atoms with E-state index in [1.165, 1.54) is 0 Å². The number of H-pyrrole nitrogens is 1. The minimum Gasteiger partial charge on any atom is -0.483 e. The molecule has 1 saturated carbocycles. The Hall–Kier alpha value is -4.25. The summed E-state index contributed by atoms with van der Waals surface area (Å²) in [7, 11) is 0. The summed E-state index contributed by atoms with van der Waals surface area (Å²) >= 11 is 0. The maximum Gasteiger partial charge on any atom is 0.291 e. The normalized spacial score (nSPS) is 17.4. The average Bonchev–Trinajstić information content (AvgIpc) is 3.61. The molecule has 4 aromatic rings. The number of hydrogen-bond donors (Lipinski definition) is 4. The maximum absolute atomic E-state index is 12.9. The highest BCUT2D eigenvalue weighted by molar-refractivity contribution is 6.04. The van der Waals surface area contributed by atoms with Gasteiger partial charge in [0.2, 0.25) is 0 Å². The van der Waals surface area contributed by atoms with E-state index in [9.17, 15) is 9.90 Å². The van der Waals surface area contributed by atoms with Gasteiger partial charge in [0.05, 0.1) is 35.3 Å². The highest BCUT2D eigenvalue weighted by Gasteiger charge is 2.24. The zero-order valence-corrected chi connectivity index (χ0v) is 18.2. The Kier molecular flexibility index (Phi) is 7.13. The van der Waals surface area contributed by atoms with Crippen molar-refractivity contribution in [1.29, 1.82) is 0 Å². The molecule has 0 saturated heterocycles. The number of aliphatic hydroxyl groups excluding tert-OH is 1. The Morgan fingerprint density at radius 3 is 2.68 bits per heavy atom. The molecule has 5 rings (SSSR count). The molecule has 0 spiro atoms. The van der Waals surface area contributed by atoms with Gasteiger partial charge < -0.3 is 19.9 Å². The van der Waals surface area contributed by atoms with Gasteiger partial charge in [-0.25, -0.2) is 0 Å². The molecule has 0 radical (unpaired) electrons. The molecule has 0 aliphatic heterocycles. The predicted octanol–water partition coefficient (Wildman–Crippen LogP) is 3.36. The summed E-state index contributed by atoms with van der Waals surface area (Å²) in [5.74, 6) is 0.377. The standard InChI is InChI=1S/C22H22N6O3.CH2O2/c29-16-6-4-15(5-7-16)28-13-18(21(27-28)17-3-1-2-10-23-17)26-22(30)20-9-8-19(31-20)14-11-24-25-12-14;2-1-3/h1-3,8-13,15-16,29H,4-7H2,(H,24,25)(H,26,30);1H,(H,2,3). The Morgan fingerprint density at radius 1 is 1.21 bits per heavy atom. The lowest BCUT2D eigenvalue weighted by atomic mass is 9.93. The van der Waals surface area contributed by atoms with Crippen molar-refractivity contribution in [3.8, 4) is 22.7 Å². The van der Waals surface area contributed by atoms with E-state index in [0.29, 0.717) is 22.8 Å². The number of furan rings is 1. The molecule has 4 N–H and O–H groups in total. The molecule has 0 unspecified atom stereocenters. The van der Waals surface area contributed by atoms with Crippen LogP contribution >= 0.6 is 0 Å². The fraction of sp³-hybridized carbons (Fsp3) is 0.261. The highest BCUT2D eigenvalue weighted by atomic mass is 16.4. The van der Waals surface area contributed by atoms with Gasteiger partial charge in [-0.05, 0) is 49.9 Å². The largest absolute Gasteiger partial charge is 0.483 e. The SMILES string of the molecule is O=C(Nc1cn(C2CCC(O)CC2)nc1-c1ccccn1)c1ccc(-c2cn[nH]c2)o1.O=CO. The monoisotopic (exact) mass is 464 g/mol. The van der Waals surface area contributed by atoms with E-state index in [0.717, 1.165) is 31.2 Å². The van der Waals surface area contributed by atoms with E-state index in [1.54, 1.807) is 30.7 Å². The van der Waals surface area contributed by atoms with E-state index in [-0.39, 0.29) is 30.3 Å². The molecule has 1 aliphatic rings. The molecule has 4 heterocycles. The summed E-state index contributed by atoms with van der Waals surface area (Å²) in [4.78, 5) is 25.6. The predicted molar refractivity (Wildman–Crippen MR) is 122 cm³/mol. The van der Waals surface area contributed by atoms with Crippen LogP contribution in [0.5, 0.6) is 0 Å². The number of rotatable bonds is 5. The molecular weight excluding hydrogens is 440 g/mol. The van der Waals surface area contributed by atoms with Crippen LogP contribution in [0.2, 0.25) is 0 Å². The molecule has 4 aromatic heterocycles. The van der Waals surface area contributed by atoms with Gasteiger partial charge in [-0.3, -0.25) is 24.4 Å². The lowest BCUT2D eigenvalue weighted by molar-refractivity contribution is -0.122. The molecule has 0 bridgehead atoms. The Morgan fingerprint density at radius 2 is 2.00 bits per heavy atom. The third kappa shape index (κ3) is 5.21. The number of carbonyl (C=O) groups excluding carboxylic acids is 1. The number of hydrogen-bond acceptors (Lipinski definition) is 7. The number of aromatic amines is 1. The molecule has 0 atom stereocenters. The lowest BCUT2D eigenvalue weighted by Gasteiger charge is -2.25. The molecule has 11 heteroatoms. The minimum absolute atomic E-state index is 0.174. The number of aliphatic hydroxyl groups is 1. The Bertz CT molecular complexity index is 1210. The fourth-order valence-corrected chi connectivity index (χ4v) is 3.87. The number of carbonyl (C=O) groups is 2. The van der Waals surface area contributed by atoms with Crippen LogP contribution in [0.4, 0.5) is 5.69 Å². The average molecular weight is 464 g/mol. The molecule has 0 aromatic carbocycles. The van der Waals surface area contributed by atoms with Crippen LogP contribution in [0.15, 0.2) is 59.5 Å². The summed E-state index contributed by atoms with van der Waals surface area (Å²) in [6, 6.07) is 9.11. The first-order valence-corrected chi connectivity index (χ1v) is 10.8. The van der Waals surface area contributed by atoms with E-state index < -0.39 is 0 Å². The topological polar surface area (TPSA) is 159 Å². The third-order valence-electron chi connectivity index (χ3n) is 5.54. The van der Waals surface area contributed by atoms with Crippen LogP contribution in [-0.2, 0) is 4.79 Å². The first kappa shape index (κ1) is 22.9. The zero-order chi connectivity index (χ0) is 23.9. The summed E-state index contributed by atoms with van der Waals surface area (Å²) < 4.78 is 7.58. The van der Waals surface area contributed by atoms with Gasteiger partial charge in [-0.2, -0.15) is 10.2 Å². The van der Waals surface area contributed by atoms with E-state index >= 15 is 0 Å². The molecule has 34 heavy (non-hydrogen) atoms. The van der Waals surface area contributed by atoms with Crippen molar-refractivity contribution in [2.45, 2.75) is 37.8 Å². The van der Waals surface area contributed by atoms with E-state index in [2.05, 4.69) is 20.5 Å². The van der Waals surface area contributed by atoms with Gasteiger partial charge >= 0.3 is 0 Å². The number of nitrogens with zero attached hydrogens (tertiary/aromatic N) is 4. The number of pyridine rings is 1. The third-order valence-corrected chi connectivity index (χ3v) is 5.54. The van der Waals surface area contributed by atoms with Crippen molar-refractivity contribution >= 4 is 18.1 Å². The number of aromatic nitrogens is 5. The van der Waals surface area contributed by atoms with Crippen molar-refractivity contribution in [3.63, 3.8) is 0 Å². The summed E-state index contributed by atoms with van der Waals surface area (Å²) in [6.45, 7) is -0.250. The van der Waals surface area contributed by atoms with Gasteiger partial charge in [0.15, 0.2) is 5.76 Å². The number of anilines is 1. The number of nitrogens with one attached hydrogen (secondary N) is 2. The highest BCUT2D eigenvalue weighted by Crippen LogP contribution is 2.33. The smallest absolute Gasteiger partial charge is 0.291 e. The molecule has 176 valence electrons. The second-order valence-electron chi connectivity index (χ2n) is 7.76. The first-order valence-electron chi connectivity index (χ1n) is 10.8. The lowest BCUT2D eigenvalue weighted by Crippen LogP contribution is -2.21. The van der Waals surface area contributed by atoms with Crippen LogP contribution in [-0.4, -0.2) is 53.7 Å². The van der Waals surface area contributed by atoms with Crippen LogP contribution in [0, 0.1) is 0 Å². The summed E-state index contributed by atoms with van der Waals surface area (Å²) in [6.07, 6.45) is 9.78. The minimum atomic E-state index is -0.370. The maximum atomic E-state index is 12.9. The quantitative estimate of drug-likeness (QED) is 0.327. The molecule has 1 aliphatic carbocycles. The Balaban J connectivity index is 0.000000868. The zero-order valence-electron chi connectivity index (χ0n) is 18.2. The van der Waals surface area contributed by atoms with E-state index in [1.807, 2.05) is 29.1 Å². The van der Waals surface area contributed by atoms with Crippen LogP contribution < -0.4 is 5.32 Å². The van der Waals surface area contributed by atoms with Crippen LogP contribution in [0.3, 0.4) is 0 Å². The second kappa shape index (κ2) is 10.6. The van der Waals surface area contributed by atoms with Crippen molar-refractivity contribution < 1.29 is 24.2 Å². The summed E-state index contributed by atoms with van der Waals surface area (Å²) in [5.41, 5.74) is 2.60. The van der Waals surface area contributed by atoms with Crippen LogP contribution in [0.25, 0.3) is 22.7 Å². The molecule has 1 fully saturated rings. The van der Waals surface area contributed by atoms with Gasteiger partial charge in [-0.1, -0.05) is 6.07 Å². The van der Waals surface area contributed by atoms with Gasteiger partial charge in [0.25, 0.3) is 12.4 Å². The molecule has 1 amide bonds.